The molecule has 1 amide bonds. The van der Waals surface area contributed by atoms with Crippen LogP contribution in [0.5, 0.6) is 0 Å². The summed E-state index contributed by atoms with van der Waals surface area (Å²) in [5.74, 6) is -1.02. The normalized spacial score (nSPS) is 10.8. The maximum Gasteiger partial charge on any atom is 0.375 e. The maximum absolute atomic E-state index is 12.5. The van der Waals surface area contributed by atoms with Crippen LogP contribution in [0, 0.1) is 0 Å². The van der Waals surface area contributed by atoms with E-state index in [1.54, 1.807) is 12.1 Å². The van der Waals surface area contributed by atoms with Crippen molar-refractivity contribution >= 4 is 34.4 Å². The van der Waals surface area contributed by atoms with Gasteiger partial charge in [0.25, 0.3) is 5.91 Å². The molecule has 0 radical (unpaired) electrons. The zero-order valence-electron chi connectivity index (χ0n) is 16.1. The molecule has 0 aliphatic heterocycles. The fraction of sp³-hybridized carbons (Fsp3) is 0.273. The molecule has 0 fully saturated rings. The van der Waals surface area contributed by atoms with E-state index < -0.39 is 5.97 Å². The molecule has 152 valence electrons. The summed E-state index contributed by atoms with van der Waals surface area (Å²) in [6, 6.07) is 14.7. The first-order valence-electron chi connectivity index (χ1n) is 9.35. The number of furan rings is 1. The third kappa shape index (κ3) is 5.59. The van der Waals surface area contributed by atoms with Gasteiger partial charge in [0.05, 0.1) is 6.61 Å². The summed E-state index contributed by atoms with van der Waals surface area (Å²) >= 11 is 5.94. The predicted molar refractivity (Wildman–Crippen MR) is 110 cm³/mol. The highest BCUT2D eigenvalue weighted by Gasteiger charge is 2.22. The van der Waals surface area contributed by atoms with Crippen LogP contribution in [-0.2, 0) is 27.3 Å². The number of halogens is 1. The number of hydrogen-bond donors (Lipinski definition) is 1. The first-order valence-corrected chi connectivity index (χ1v) is 9.72. The number of amides is 1. The van der Waals surface area contributed by atoms with E-state index in [0.29, 0.717) is 35.7 Å². The quantitative estimate of drug-likeness (QED) is 0.531. The molecule has 3 aromatic rings. The summed E-state index contributed by atoms with van der Waals surface area (Å²) in [5.41, 5.74) is 2.20. The Morgan fingerprint density at radius 3 is 2.76 bits per heavy atom. The number of carbonyl (C=O) groups excluding carboxylic acids is 2. The van der Waals surface area contributed by atoms with Gasteiger partial charge in [-0.15, -0.1) is 0 Å². The summed E-state index contributed by atoms with van der Waals surface area (Å²) < 4.78 is 16.2. The third-order valence-corrected chi connectivity index (χ3v) is 4.53. The van der Waals surface area contributed by atoms with Gasteiger partial charge in [-0.1, -0.05) is 41.9 Å². The Hall–Kier alpha value is -2.83. The van der Waals surface area contributed by atoms with Gasteiger partial charge in [-0.2, -0.15) is 0 Å². The molecule has 29 heavy (non-hydrogen) atoms. The lowest BCUT2D eigenvalue weighted by Crippen LogP contribution is -2.30. The van der Waals surface area contributed by atoms with Gasteiger partial charge in [0, 0.05) is 29.1 Å². The van der Waals surface area contributed by atoms with Crippen molar-refractivity contribution in [2.24, 2.45) is 0 Å². The molecule has 1 N–H and O–H groups in total. The molecular formula is C22H22ClNO5. The van der Waals surface area contributed by atoms with Crippen LogP contribution >= 0.6 is 11.6 Å². The minimum atomic E-state index is -0.694. The molecule has 0 aliphatic rings. The van der Waals surface area contributed by atoms with E-state index in [4.69, 9.17) is 25.5 Å². The minimum Gasteiger partial charge on any atom is -0.450 e. The highest BCUT2D eigenvalue weighted by Crippen LogP contribution is 2.27. The Kier molecular flexibility index (Phi) is 7.27. The number of fused-ring (bicyclic) bond motifs is 1. The van der Waals surface area contributed by atoms with Crippen molar-refractivity contribution in [3.63, 3.8) is 0 Å². The zero-order valence-corrected chi connectivity index (χ0v) is 16.8. The van der Waals surface area contributed by atoms with Crippen LogP contribution in [0.15, 0.2) is 52.9 Å². The summed E-state index contributed by atoms with van der Waals surface area (Å²) in [7, 11) is 0. The van der Waals surface area contributed by atoms with Crippen molar-refractivity contribution in [1.82, 2.24) is 5.32 Å². The van der Waals surface area contributed by atoms with Gasteiger partial charge >= 0.3 is 5.97 Å². The molecule has 0 bridgehead atoms. The van der Waals surface area contributed by atoms with Crippen molar-refractivity contribution in [2.45, 2.75) is 20.0 Å². The van der Waals surface area contributed by atoms with E-state index in [2.05, 4.69) is 5.32 Å². The first kappa shape index (κ1) is 20.9. The number of para-hydroxylation sites is 1. The fourth-order valence-corrected chi connectivity index (χ4v) is 3.11. The van der Waals surface area contributed by atoms with Gasteiger partial charge < -0.3 is 19.2 Å². The summed E-state index contributed by atoms with van der Waals surface area (Å²) in [6.07, 6.45) is 0.627. The number of carbonyl (C=O) groups is 2. The van der Waals surface area contributed by atoms with Crippen molar-refractivity contribution in [1.29, 1.82) is 0 Å². The van der Waals surface area contributed by atoms with Crippen LogP contribution in [0.3, 0.4) is 0 Å². The number of rotatable bonds is 9. The molecule has 0 saturated heterocycles. The molecule has 0 spiro atoms. The molecule has 2 aromatic carbocycles. The average molecular weight is 416 g/mol. The first-order chi connectivity index (χ1) is 14.1. The van der Waals surface area contributed by atoms with Gasteiger partial charge in [0.1, 0.15) is 5.58 Å². The van der Waals surface area contributed by atoms with E-state index in [9.17, 15) is 9.59 Å². The summed E-state index contributed by atoms with van der Waals surface area (Å²) in [5, 5.41) is 4.16. The number of ether oxygens (including phenoxy) is 2. The zero-order chi connectivity index (χ0) is 20.6. The van der Waals surface area contributed by atoms with Gasteiger partial charge in [0.15, 0.2) is 6.61 Å². The van der Waals surface area contributed by atoms with E-state index in [1.807, 2.05) is 43.3 Å². The third-order valence-electron chi connectivity index (χ3n) is 4.29. The Labute approximate surface area is 173 Å². The number of esters is 1. The minimum absolute atomic E-state index is 0.0615. The SMILES string of the molecule is CCOCc1c(C(=O)OCC(=O)NCCc2cccc(Cl)c2)oc2ccccc12. The van der Waals surface area contributed by atoms with Crippen molar-refractivity contribution in [3.8, 4) is 0 Å². The van der Waals surface area contributed by atoms with Crippen LogP contribution in [-0.4, -0.2) is 31.6 Å². The van der Waals surface area contributed by atoms with Crippen LogP contribution in [0.4, 0.5) is 0 Å². The largest absolute Gasteiger partial charge is 0.450 e. The molecule has 1 aromatic heterocycles. The average Bonchev–Trinajstić information content (AvgIpc) is 3.09. The highest BCUT2D eigenvalue weighted by atomic mass is 35.5. The molecule has 7 heteroatoms. The lowest BCUT2D eigenvalue weighted by Gasteiger charge is -2.07. The molecule has 0 atom stereocenters. The predicted octanol–water partition coefficient (Wildman–Crippen LogP) is 4.14. The monoisotopic (exact) mass is 415 g/mol. The lowest BCUT2D eigenvalue weighted by molar-refractivity contribution is -0.124. The summed E-state index contributed by atoms with van der Waals surface area (Å²) in [6.45, 7) is 2.62. The van der Waals surface area contributed by atoms with E-state index in [0.717, 1.165) is 10.9 Å². The molecule has 0 saturated carbocycles. The molecule has 3 rings (SSSR count). The molecular weight excluding hydrogens is 394 g/mol. The molecule has 0 unspecified atom stereocenters. The topological polar surface area (TPSA) is 77.8 Å². The molecule has 1 heterocycles. The lowest BCUT2D eigenvalue weighted by atomic mass is 10.1. The number of benzene rings is 2. The summed E-state index contributed by atoms with van der Waals surface area (Å²) in [4.78, 5) is 24.5. The second-order valence-corrected chi connectivity index (χ2v) is 6.79. The van der Waals surface area contributed by atoms with Crippen molar-refractivity contribution < 1.29 is 23.5 Å². The van der Waals surface area contributed by atoms with Gasteiger partial charge in [-0.3, -0.25) is 4.79 Å². The van der Waals surface area contributed by atoms with Crippen molar-refractivity contribution in [2.75, 3.05) is 19.8 Å². The Balaban J connectivity index is 1.55. The second kappa shape index (κ2) is 10.1. The van der Waals surface area contributed by atoms with Gasteiger partial charge in [-0.25, -0.2) is 4.79 Å². The van der Waals surface area contributed by atoms with Crippen LogP contribution in [0.25, 0.3) is 11.0 Å². The second-order valence-electron chi connectivity index (χ2n) is 6.35. The Morgan fingerprint density at radius 2 is 1.97 bits per heavy atom. The van der Waals surface area contributed by atoms with Gasteiger partial charge in [-0.05, 0) is 37.1 Å². The van der Waals surface area contributed by atoms with Gasteiger partial charge in [0.2, 0.25) is 5.76 Å². The van der Waals surface area contributed by atoms with Crippen LogP contribution in [0.2, 0.25) is 5.02 Å². The van der Waals surface area contributed by atoms with Crippen LogP contribution in [0.1, 0.15) is 28.6 Å². The van der Waals surface area contributed by atoms with Crippen LogP contribution < -0.4 is 5.32 Å². The highest BCUT2D eigenvalue weighted by molar-refractivity contribution is 6.30. The number of hydrogen-bond acceptors (Lipinski definition) is 5. The van der Waals surface area contributed by atoms with E-state index in [1.165, 1.54) is 0 Å². The molecule has 0 aliphatic carbocycles. The fourth-order valence-electron chi connectivity index (χ4n) is 2.90. The van der Waals surface area contributed by atoms with E-state index in [-0.39, 0.29) is 24.9 Å². The smallest absolute Gasteiger partial charge is 0.375 e. The standard InChI is InChI=1S/C22H22ClNO5/c1-2-27-13-18-17-8-3-4-9-19(17)29-21(18)22(26)28-14-20(25)24-11-10-15-6-5-7-16(23)12-15/h3-9,12H,2,10-11,13-14H2,1H3,(H,24,25). The Bertz CT molecular complexity index is 998. The number of nitrogens with one attached hydrogen (secondary N) is 1. The van der Waals surface area contributed by atoms with Crippen molar-refractivity contribution in [3.05, 3.63) is 70.4 Å². The Morgan fingerprint density at radius 1 is 1.14 bits per heavy atom. The maximum atomic E-state index is 12.5. The molecule has 6 nitrogen and oxygen atoms in total. The van der Waals surface area contributed by atoms with E-state index >= 15 is 0 Å².